The van der Waals surface area contributed by atoms with E-state index in [1.165, 1.54) is 0 Å². The Morgan fingerprint density at radius 2 is 1.68 bits per heavy atom. The topological polar surface area (TPSA) is 21.4 Å². The molecule has 2 heterocycles. The van der Waals surface area contributed by atoms with E-state index in [4.69, 9.17) is 15.1 Å². The fraction of sp³-hybridized carbons (Fsp3) is 0.280. The minimum absolute atomic E-state index is 0.163. The molecule has 0 amide bonds. The lowest BCUT2D eigenvalue weighted by atomic mass is 9.96. The van der Waals surface area contributed by atoms with E-state index in [1.54, 1.807) is 13.8 Å². The summed E-state index contributed by atoms with van der Waals surface area (Å²) in [6.07, 6.45) is 0. The molecular weight excluding hydrogens is 344 g/mol. The van der Waals surface area contributed by atoms with Crippen LogP contribution in [0.4, 0.5) is 5.69 Å². The Kier molecular flexibility index (Phi) is 3.45. The summed E-state index contributed by atoms with van der Waals surface area (Å²) in [5.41, 5.74) is 5.94. The van der Waals surface area contributed by atoms with Crippen LogP contribution in [0.5, 0.6) is 0 Å². The van der Waals surface area contributed by atoms with Crippen molar-refractivity contribution >= 4 is 27.6 Å². The van der Waals surface area contributed by atoms with Crippen molar-refractivity contribution in [3.05, 3.63) is 70.2 Å². The molecule has 0 aliphatic carbocycles. The Morgan fingerprint density at radius 1 is 1.04 bits per heavy atom. The number of rotatable bonds is 2. The van der Waals surface area contributed by atoms with E-state index in [0.717, 1.165) is 27.5 Å². The van der Waals surface area contributed by atoms with Gasteiger partial charge in [-0.15, -0.1) is 0 Å². The van der Waals surface area contributed by atoms with E-state index in [1.807, 2.05) is 56.7 Å². The van der Waals surface area contributed by atoms with Crippen molar-refractivity contribution in [2.75, 3.05) is 0 Å². The zero-order valence-corrected chi connectivity index (χ0v) is 17.1. The predicted octanol–water partition coefficient (Wildman–Crippen LogP) is 6.68. The average Bonchev–Trinajstić information content (AvgIpc) is 3.05. The van der Waals surface area contributed by atoms with Crippen LogP contribution < -0.4 is 4.57 Å². The third-order valence-electron chi connectivity index (χ3n) is 5.43. The summed E-state index contributed by atoms with van der Waals surface area (Å²) in [5.74, 6) is -1.09. The van der Waals surface area contributed by atoms with Gasteiger partial charge in [0.2, 0.25) is 11.4 Å². The van der Waals surface area contributed by atoms with Crippen molar-refractivity contribution in [2.45, 2.75) is 40.5 Å². The van der Waals surface area contributed by atoms with Gasteiger partial charge in [0.15, 0.2) is 5.69 Å². The number of pyridine rings is 1. The summed E-state index contributed by atoms with van der Waals surface area (Å²) >= 11 is 0. The van der Waals surface area contributed by atoms with Gasteiger partial charge in [0, 0.05) is 31.2 Å². The largest absolute Gasteiger partial charge is 0.466 e. The van der Waals surface area contributed by atoms with Crippen LogP contribution in [0.25, 0.3) is 38.0 Å². The zero-order valence-electron chi connectivity index (χ0n) is 20.1. The first kappa shape index (κ1) is 14.9. The highest BCUT2D eigenvalue weighted by atomic mass is 16.3. The summed E-state index contributed by atoms with van der Waals surface area (Å²) in [6.45, 7) is 16.7. The van der Waals surface area contributed by atoms with E-state index in [-0.39, 0.29) is 12.1 Å². The fourth-order valence-electron chi connectivity index (χ4n) is 3.67. The standard InChI is InChI=1S/C25H25N2O/c1-14(2)18-12-17(5)27(7)21(13-18)22-15(3)8-10-19-20-11-9-16(4)23(26-6)25(20)28-24(19)22/h8-14H,1-5,7H3/q+1/i12D,13D,14D. The van der Waals surface area contributed by atoms with E-state index in [0.29, 0.717) is 33.8 Å². The highest BCUT2D eigenvalue weighted by Crippen LogP contribution is 2.41. The Hall–Kier alpha value is -3.12. The molecule has 140 valence electrons. The molecule has 0 radical (unpaired) electrons. The highest BCUT2D eigenvalue weighted by molar-refractivity contribution is 6.13. The molecule has 0 fully saturated rings. The van der Waals surface area contributed by atoms with Crippen LogP contribution in [0.15, 0.2) is 40.8 Å². The third kappa shape index (κ3) is 2.60. The molecule has 0 saturated carbocycles. The summed E-state index contributed by atoms with van der Waals surface area (Å²) < 4.78 is 34.3. The first-order valence-electron chi connectivity index (χ1n) is 10.8. The quantitative estimate of drug-likeness (QED) is 0.284. The minimum atomic E-state index is -1.09. The molecule has 3 heteroatoms. The minimum Gasteiger partial charge on any atom is -0.466 e. The first-order valence-corrected chi connectivity index (χ1v) is 9.32. The molecule has 28 heavy (non-hydrogen) atoms. The van der Waals surface area contributed by atoms with Crippen LogP contribution >= 0.6 is 0 Å². The van der Waals surface area contributed by atoms with Crippen molar-refractivity contribution in [3.8, 4) is 11.3 Å². The molecule has 0 spiro atoms. The smallest absolute Gasteiger partial charge is 0.232 e. The lowest BCUT2D eigenvalue weighted by Gasteiger charge is -2.11. The maximum absolute atomic E-state index is 8.99. The molecule has 2 aromatic heterocycles. The zero-order chi connectivity index (χ0) is 22.8. The van der Waals surface area contributed by atoms with Gasteiger partial charge in [0.1, 0.15) is 18.2 Å². The van der Waals surface area contributed by atoms with Gasteiger partial charge in [0.05, 0.1) is 14.9 Å². The molecule has 4 rings (SSSR count). The van der Waals surface area contributed by atoms with Crippen molar-refractivity contribution < 1.29 is 13.1 Å². The number of nitrogens with zero attached hydrogens (tertiary/aromatic N) is 2. The SMILES string of the molecule is [2H]c1c(C([2H])(C)C)c([2H])c(-c2c(C)ccc3c2oc2c([N+]#[C-])c(C)ccc23)[n+](C)c1C. The van der Waals surface area contributed by atoms with Gasteiger partial charge in [0.25, 0.3) is 0 Å². The second-order valence-electron chi connectivity index (χ2n) is 7.57. The number of hydrogen-bond acceptors (Lipinski definition) is 1. The average molecular weight is 373 g/mol. The summed E-state index contributed by atoms with van der Waals surface area (Å²) in [6, 6.07) is 8.28. The molecule has 0 bridgehead atoms. The monoisotopic (exact) mass is 372 g/mol. The van der Waals surface area contributed by atoms with Gasteiger partial charge in [-0.05, 0) is 36.4 Å². The lowest BCUT2D eigenvalue weighted by molar-refractivity contribution is -0.666. The van der Waals surface area contributed by atoms with Crippen LogP contribution in [0, 0.1) is 27.3 Å². The number of benzene rings is 2. The first-order chi connectivity index (χ1) is 14.5. The second kappa shape index (κ2) is 6.49. The maximum atomic E-state index is 8.99. The van der Waals surface area contributed by atoms with Gasteiger partial charge >= 0.3 is 0 Å². The molecule has 0 saturated heterocycles. The van der Waals surface area contributed by atoms with Gasteiger partial charge in [-0.3, -0.25) is 0 Å². The summed E-state index contributed by atoms with van der Waals surface area (Å²) in [5, 5.41) is 1.76. The molecule has 0 aliphatic rings. The summed E-state index contributed by atoms with van der Waals surface area (Å²) in [4.78, 5) is 3.69. The van der Waals surface area contributed by atoms with E-state index in [9.17, 15) is 0 Å². The fourth-order valence-corrected chi connectivity index (χ4v) is 3.67. The second-order valence-corrected chi connectivity index (χ2v) is 7.57. The van der Waals surface area contributed by atoms with Crippen molar-refractivity contribution in [1.82, 2.24) is 0 Å². The van der Waals surface area contributed by atoms with Gasteiger partial charge in [-0.2, -0.15) is 4.57 Å². The number of fused-ring (bicyclic) bond motifs is 3. The van der Waals surface area contributed by atoms with Crippen LogP contribution in [-0.2, 0) is 7.05 Å². The molecule has 0 aliphatic heterocycles. The Balaban J connectivity index is 2.23. The van der Waals surface area contributed by atoms with E-state index >= 15 is 0 Å². The molecule has 0 atom stereocenters. The molecule has 2 aromatic carbocycles. The van der Waals surface area contributed by atoms with E-state index in [2.05, 4.69) is 4.85 Å². The van der Waals surface area contributed by atoms with Crippen LogP contribution in [0.3, 0.4) is 0 Å². The molecule has 3 nitrogen and oxygen atoms in total. The van der Waals surface area contributed by atoms with Crippen molar-refractivity contribution in [3.63, 3.8) is 0 Å². The van der Waals surface area contributed by atoms with Crippen LogP contribution in [0.2, 0.25) is 0 Å². The van der Waals surface area contributed by atoms with Gasteiger partial charge in [-0.25, -0.2) is 4.85 Å². The number of furan rings is 1. The number of aryl methyl sites for hydroxylation is 2. The molecule has 0 unspecified atom stereocenters. The Bertz CT molecular complexity index is 1440. The van der Waals surface area contributed by atoms with Crippen molar-refractivity contribution in [2.24, 2.45) is 7.05 Å². The maximum Gasteiger partial charge on any atom is 0.232 e. The lowest BCUT2D eigenvalue weighted by Crippen LogP contribution is -2.35. The van der Waals surface area contributed by atoms with Gasteiger partial charge < -0.3 is 4.42 Å². The molecule has 0 N–H and O–H groups in total. The third-order valence-corrected chi connectivity index (χ3v) is 5.43. The molecule has 4 aromatic rings. The van der Waals surface area contributed by atoms with Crippen molar-refractivity contribution in [1.29, 1.82) is 0 Å². The normalized spacial score (nSPS) is 13.4. The molecular formula is C25H25N2O+. The number of hydrogen-bond donors (Lipinski definition) is 0. The van der Waals surface area contributed by atoms with Crippen LogP contribution in [-0.4, -0.2) is 0 Å². The van der Waals surface area contributed by atoms with Gasteiger partial charge in [-0.1, -0.05) is 38.1 Å². The van der Waals surface area contributed by atoms with E-state index < -0.39 is 5.89 Å². The summed E-state index contributed by atoms with van der Waals surface area (Å²) in [7, 11) is 1.84. The Morgan fingerprint density at radius 3 is 2.32 bits per heavy atom. The predicted molar refractivity (Wildman–Crippen MR) is 115 cm³/mol. The number of aromatic nitrogens is 1. The Labute approximate surface area is 170 Å². The highest BCUT2D eigenvalue weighted by Gasteiger charge is 2.24. The van der Waals surface area contributed by atoms with Crippen LogP contribution in [0.1, 0.15) is 46.2 Å².